The molecule has 25 heavy (non-hydrogen) atoms. The number of hydrogen-bond acceptors (Lipinski definition) is 4. The highest BCUT2D eigenvalue weighted by Gasteiger charge is 2.24. The smallest absolute Gasteiger partial charge is 0.354 e. The third-order valence-corrected chi connectivity index (χ3v) is 4.86. The van der Waals surface area contributed by atoms with Gasteiger partial charge < -0.3 is 9.84 Å². The molecule has 0 amide bonds. The van der Waals surface area contributed by atoms with Gasteiger partial charge in [0, 0.05) is 11.3 Å². The standard InChI is InChI=1S/C20H24N2O3/c1-13-5-3-6-15(11-13)18-8-4-7-16(25-18)9-10-17-14(2)19(20(23)24)22-12-21-17/h3,5-6,11-12,16,18H,4,7-10H2,1-2H3,(H,23,24)/t16-,18+/m0/s1. The Hall–Kier alpha value is -2.27. The van der Waals surface area contributed by atoms with Crippen LogP contribution in [-0.4, -0.2) is 27.1 Å². The van der Waals surface area contributed by atoms with Gasteiger partial charge in [0.2, 0.25) is 0 Å². The van der Waals surface area contributed by atoms with E-state index in [0.717, 1.165) is 31.4 Å². The van der Waals surface area contributed by atoms with E-state index < -0.39 is 5.97 Å². The van der Waals surface area contributed by atoms with Crippen molar-refractivity contribution in [3.8, 4) is 0 Å². The number of hydrogen-bond donors (Lipinski definition) is 1. The number of aromatic nitrogens is 2. The molecule has 0 spiro atoms. The minimum atomic E-state index is -1.01. The van der Waals surface area contributed by atoms with Gasteiger partial charge in [0.1, 0.15) is 6.33 Å². The van der Waals surface area contributed by atoms with Crippen molar-refractivity contribution >= 4 is 5.97 Å². The number of aromatic carboxylic acids is 1. The molecule has 1 fully saturated rings. The largest absolute Gasteiger partial charge is 0.477 e. The van der Waals surface area contributed by atoms with Gasteiger partial charge in [0.05, 0.1) is 12.2 Å². The minimum absolute atomic E-state index is 0.0900. The summed E-state index contributed by atoms with van der Waals surface area (Å²) in [4.78, 5) is 19.3. The molecule has 1 N–H and O–H groups in total. The minimum Gasteiger partial charge on any atom is -0.477 e. The molecule has 0 saturated carbocycles. The van der Waals surface area contributed by atoms with E-state index in [4.69, 9.17) is 4.74 Å². The molecule has 1 saturated heterocycles. The topological polar surface area (TPSA) is 72.3 Å². The number of aryl methyl sites for hydroxylation is 2. The highest BCUT2D eigenvalue weighted by molar-refractivity contribution is 5.87. The molecule has 0 unspecified atom stereocenters. The maximum Gasteiger partial charge on any atom is 0.354 e. The number of ether oxygens (including phenoxy) is 1. The van der Waals surface area contributed by atoms with E-state index in [2.05, 4.69) is 41.2 Å². The summed E-state index contributed by atoms with van der Waals surface area (Å²) in [5.74, 6) is -1.01. The fourth-order valence-electron chi connectivity index (χ4n) is 3.48. The fourth-order valence-corrected chi connectivity index (χ4v) is 3.48. The lowest BCUT2D eigenvalue weighted by Crippen LogP contribution is -2.23. The Kier molecular flexibility index (Phi) is 5.43. The zero-order valence-electron chi connectivity index (χ0n) is 14.7. The third kappa shape index (κ3) is 4.23. The third-order valence-electron chi connectivity index (χ3n) is 4.86. The summed E-state index contributed by atoms with van der Waals surface area (Å²) in [7, 11) is 0. The van der Waals surface area contributed by atoms with Gasteiger partial charge in [-0.15, -0.1) is 0 Å². The second kappa shape index (κ2) is 7.74. The van der Waals surface area contributed by atoms with Crippen LogP contribution in [0.25, 0.3) is 0 Å². The Bertz CT molecular complexity index is 760. The van der Waals surface area contributed by atoms with Crippen molar-refractivity contribution in [1.29, 1.82) is 0 Å². The molecule has 5 heteroatoms. The van der Waals surface area contributed by atoms with E-state index in [0.29, 0.717) is 12.0 Å². The molecule has 2 atom stereocenters. The predicted molar refractivity (Wildman–Crippen MR) is 94.7 cm³/mol. The molecule has 132 valence electrons. The van der Waals surface area contributed by atoms with Gasteiger partial charge in [-0.3, -0.25) is 0 Å². The average Bonchev–Trinajstić information content (AvgIpc) is 2.61. The second-order valence-corrected chi connectivity index (χ2v) is 6.73. The molecule has 1 aromatic heterocycles. The average molecular weight is 340 g/mol. The second-order valence-electron chi connectivity index (χ2n) is 6.73. The van der Waals surface area contributed by atoms with Gasteiger partial charge in [0.15, 0.2) is 5.69 Å². The molecule has 3 rings (SSSR count). The Morgan fingerprint density at radius 1 is 1.28 bits per heavy atom. The predicted octanol–water partition coefficient (Wildman–Crippen LogP) is 4.03. The van der Waals surface area contributed by atoms with Crippen LogP contribution in [0, 0.1) is 13.8 Å². The molecule has 1 aliphatic heterocycles. The van der Waals surface area contributed by atoms with E-state index in [1.165, 1.54) is 17.5 Å². The molecule has 2 aromatic rings. The maximum absolute atomic E-state index is 11.2. The van der Waals surface area contributed by atoms with Crippen molar-refractivity contribution in [2.45, 2.75) is 58.2 Å². The van der Waals surface area contributed by atoms with Gasteiger partial charge in [-0.05, 0) is 51.5 Å². The Morgan fingerprint density at radius 3 is 2.88 bits per heavy atom. The van der Waals surface area contributed by atoms with Crippen molar-refractivity contribution in [3.63, 3.8) is 0 Å². The molecular weight excluding hydrogens is 316 g/mol. The summed E-state index contributed by atoms with van der Waals surface area (Å²) in [5.41, 5.74) is 4.04. The molecular formula is C20H24N2O3. The molecule has 5 nitrogen and oxygen atoms in total. The first-order chi connectivity index (χ1) is 12.0. The van der Waals surface area contributed by atoms with E-state index in [1.54, 1.807) is 6.92 Å². The molecule has 2 heterocycles. The molecule has 1 aliphatic rings. The fraction of sp³-hybridized carbons (Fsp3) is 0.450. The quantitative estimate of drug-likeness (QED) is 0.889. The number of carboxylic acids is 1. The lowest BCUT2D eigenvalue weighted by molar-refractivity contribution is -0.0547. The lowest BCUT2D eigenvalue weighted by Gasteiger charge is -2.30. The van der Waals surface area contributed by atoms with Gasteiger partial charge in [-0.25, -0.2) is 14.8 Å². The SMILES string of the molecule is Cc1cccc([C@H]2CCC[C@@H](CCc3ncnc(C(=O)O)c3C)O2)c1. The maximum atomic E-state index is 11.2. The molecule has 0 bridgehead atoms. The number of benzene rings is 1. The summed E-state index contributed by atoms with van der Waals surface area (Å²) in [5, 5.41) is 9.18. The number of nitrogens with zero attached hydrogens (tertiary/aromatic N) is 2. The zero-order valence-corrected chi connectivity index (χ0v) is 14.7. The van der Waals surface area contributed by atoms with Crippen LogP contribution >= 0.6 is 0 Å². The normalized spacial score (nSPS) is 20.4. The zero-order chi connectivity index (χ0) is 17.8. The van der Waals surface area contributed by atoms with Crippen LogP contribution in [0.5, 0.6) is 0 Å². The van der Waals surface area contributed by atoms with Crippen molar-refractivity contribution in [3.05, 3.63) is 58.7 Å². The van der Waals surface area contributed by atoms with Crippen LogP contribution in [0.4, 0.5) is 0 Å². The first kappa shape index (κ1) is 17.5. The number of rotatable bonds is 5. The summed E-state index contributed by atoms with van der Waals surface area (Å²) in [6.45, 7) is 3.87. The van der Waals surface area contributed by atoms with Gasteiger partial charge >= 0.3 is 5.97 Å². The van der Waals surface area contributed by atoms with Crippen molar-refractivity contribution in [2.24, 2.45) is 0 Å². The number of carboxylic acid groups (broad SMARTS) is 1. The summed E-state index contributed by atoms with van der Waals surface area (Å²) in [6.07, 6.45) is 6.46. The van der Waals surface area contributed by atoms with Crippen molar-refractivity contribution in [1.82, 2.24) is 9.97 Å². The van der Waals surface area contributed by atoms with Gasteiger partial charge in [-0.1, -0.05) is 29.8 Å². The van der Waals surface area contributed by atoms with Crippen LogP contribution in [0.2, 0.25) is 0 Å². The summed E-state index contributed by atoms with van der Waals surface area (Å²) >= 11 is 0. The molecule has 0 radical (unpaired) electrons. The monoisotopic (exact) mass is 340 g/mol. The number of carbonyl (C=O) groups is 1. The highest BCUT2D eigenvalue weighted by atomic mass is 16.5. The Labute approximate surface area is 148 Å². The van der Waals surface area contributed by atoms with Crippen molar-refractivity contribution < 1.29 is 14.6 Å². The van der Waals surface area contributed by atoms with E-state index >= 15 is 0 Å². The van der Waals surface area contributed by atoms with Crippen LogP contribution in [0.15, 0.2) is 30.6 Å². The lowest BCUT2D eigenvalue weighted by atomic mass is 9.95. The van der Waals surface area contributed by atoms with E-state index in [9.17, 15) is 9.90 Å². The summed E-state index contributed by atoms with van der Waals surface area (Å²) < 4.78 is 6.31. The van der Waals surface area contributed by atoms with Gasteiger partial charge in [-0.2, -0.15) is 0 Å². The van der Waals surface area contributed by atoms with Gasteiger partial charge in [0.25, 0.3) is 0 Å². The van der Waals surface area contributed by atoms with Crippen molar-refractivity contribution in [2.75, 3.05) is 0 Å². The van der Waals surface area contributed by atoms with Crippen LogP contribution in [0.1, 0.15) is 64.7 Å². The Morgan fingerprint density at radius 2 is 2.12 bits per heavy atom. The van der Waals surface area contributed by atoms with Crippen LogP contribution in [-0.2, 0) is 11.2 Å². The first-order valence-electron chi connectivity index (χ1n) is 8.80. The highest BCUT2D eigenvalue weighted by Crippen LogP contribution is 2.33. The summed E-state index contributed by atoms with van der Waals surface area (Å²) in [6, 6.07) is 8.51. The van der Waals surface area contributed by atoms with E-state index in [-0.39, 0.29) is 17.9 Å². The first-order valence-corrected chi connectivity index (χ1v) is 8.80. The van der Waals surface area contributed by atoms with Crippen LogP contribution < -0.4 is 0 Å². The Balaban J connectivity index is 1.64. The van der Waals surface area contributed by atoms with Crippen LogP contribution in [0.3, 0.4) is 0 Å². The van der Waals surface area contributed by atoms with E-state index in [1.807, 2.05) is 0 Å². The molecule has 0 aliphatic carbocycles. The molecule has 1 aromatic carbocycles.